The zero-order valence-corrected chi connectivity index (χ0v) is 16.9. The molecule has 0 radical (unpaired) electrons. The number of aromatic amines is 1. The topological polar surface area (TPSA) is 75.6 Å². The molecule has 27 heavy (non-hydrogen) atoms. The van der Waals surface area contributed by atoms with Crippen LogP contribution >= 0.6 is 0 Å². The van der Waals surface area contributed by atoms with Crippen LogP contribution in [-0.4, -0.2) is 43.1 Å². The largest absolute Gasteiger partial charge is 0.464 e. The molecule has 2 aromatic rings. The van der Waals surface area contributed by atoms with Crippen LogP contribution in [0.3, 0.4) is 0 Å². The maximum atomic E-state index is 13.0. The third kappa shape index (κ3) is 4.00. The summed E-state index contributed by atoms with van der Waals surface area (Å²) < 4.78 is 4.90. The lowest BCUT2D eigenvalue weighted by Crippen LogP contribution is -3.18. The highest BCUT2D eigenvalue weighted by molar-refractivity contribution is 6.11. The number of fused-ring (bicyclic) bond motifs is 1. The first-order valence-electron chi connectivity index (χ1n) is 9.58. The Labute approximate surface area is 160 Å². The highest BCUT2D eigenvalue weighted by Crippen LogP contribution is 2.29. The number of benzene rings is 1. The van der Waals surface area contributed by atoms with E-state index in [0.29, 0.717) is 5.69 Å². The van der Waals surface area contributed by atoms with Crippen molar-refractivity contribution < 1.29 is 19.2 Å². The Bertz CT molecular complexity index is 869. The van der Waals surface area contributed by atoms with E-state index in [1.165, 1.54) is 18.4 Å². The van der Waals surface area contributed by atoms with Crippen molar-refractivity contribution in [3.63, 3.8) is 0 Å². The summed E-state index contributed by atoms with van der Waals surface area (Å²) in [5.41, 5.74) is 2.90. The van der Waals surface area contributed by atoms with E-state index in [-0.39, 0.29) is 23.1 Å². The lowest BCUT2D eigenvalue weighted by atomic mass is 9.83. The van der Waals surface area contributed by atoms with Crippen molar-refractivity contribution in [1.29, 1.82) is 0 Å². The van der Waals surface area contributed by atoms with E-state index < -0.39 is 5.97 Å². The van der Waals surface area contributed by atoms with E-state index in [9.17, 15) is 9.59 Å². The molecule has 0 saturated carbocycles. The number of anilines is 1. The van der Waals surface area contributed by atoms with Gasteiger partial charge in [-0.3, -0.25) is 4.79 Å². The van der Waals surface area contributed by atoms with Gasteiger partial charge in [0, 0.05) is 16.3 Å². The van der Waals surface area contributed by atoms with Crippen LogP contribution in [0.4, 0.5) is 5.69 Å². The molecule has 0 aliphatic carbocycles. The van der Waals surface area contributed by atoms with E-state index in [1.807, 2.05) is 32.0 Å². The van der Waals surface area contributed by atoms with Gasteiger partial charge in [-0.05, 0) is 38.8 Å². The molecule has 2 heterocycles. The van der Waals surface area contributed by atoms with Crippen LogP contribution in [0.15, 0.2) is 18.2 Å². The second kappa shape index (κ2) is 7.35. The Morgan fingerprint density at radius 2 is 2.07 bits per heavy atom. The van der Waals surface area contributed by atoms with Crippen molar-refractivity contribution in [2.75, 3.05) is 25.5 Å². The second-order valence-electron chi connectivity index (χ2n) is 8.48. The third-order valence-corrected chi connectivity index (χ3v) is 5.65. The van der Waals surface area contributed by atoms with Gasteiger partial charge < -0.3 is 19.9 Å². The van der Waals surface area contributed by atoms with Crippen LogP contribution in [0.5, 0.6) is 0 Å². The number of hydrogen-bond donors (Lipinski definition) is 3. The Kier molecular flexibility index (Phi) is 5.29. The lowest BCUT2D eigenvalue weighted by Gasteiger charge is -2.37. The van der Waals surface area contributed by atoms with Gasteiger partial charge in [0.2, 0.25) is 0 Å². The summed E-state index contributed by atoms with van der Waals surface area (Å²) in [6.45, 7) is 10.4. The van der Waals surface area contributed by atoms with E-state index in [0.717, 1.165) is 36.0 Å². The van der Waals surface area contributed by atoms with E-state index in [1.54, 1.807) is 0 Å². The first-order valence-corrected chi connectivity index (χ1v) is 9.58. The number of likely N-dealkylation sites (tertiary alicyclic amines) is 1. The summed E-state index contributed by atoms with van der Waals surface area (Å²) in [6.07, 6.45) is 2.32. The molecule has 1 aliphatic rings. The first kappa shape index (κ1) is 19.4. The van der Waals surface area contributed by atoms with Gasteiger partial charge in [0.05, 0.1) is 25.9 Å². The van der Waals surface area contributed by atoms with Crippen LogP contribution in [-0.2, 0) is 9.53 Å². The molecule has 6 nitrogen and oxygen atoms in total. The fourth-order valence-corrected chi connectivity index (χ4v) is 4.06. The number of piperidine rings is 1. The number of carbonyl (C=O) groups is 2. The number of amides is 1. The van der Waals surface area contributed by atoms with Gasteiger partial charge in [0.1, 0.15) is 5.69 Å². The molecule has 0 spiro atoms. The van der Waals surface area contributed by atoms with Crippen LogP contribution < -0.4 is 10.2 Å². The van der Waals surface area contributed by atoms with Gasteiger partial charge in [-0.1, -0.05) is 25.5 Å². The van der Waals surface area contributed by atoms with Crippen molar-refractivity contribution in [2.24, 2.45) is 5.41 Å². The smallest absolute Gasteiger partial charge is 0.356 e. The van der Waals surface area contributed by atoms with Crippen molar-refractivity contribution in [3.8, 4) is 0 Å². The molecule has 1 saturated heterocycles. The number of rotatable bonds is 4. The number of aryl methyl sites for hydroxylation is 1. The van der Waals surface area contributed by atoms with Crippen LogP contribution in [0, 0.1) is 12.3 Å². The summed E-state index contributed by atoms with van der Waals surface area (Å²) in [5, 5.41) is 3.83. The Morgan fingerprint density at radius 3 is 2.74 bits per heavy atom. The van der Waals surface area contributed by atoms with Crippen molar-refractivity contribution in [2.45, 2.75) is 46.6 Å². The maximum Gasteiger partial charge on any atom is 0.356 e. The Morgan fingerprint density at radius 1 is 1.33 bits per heavy atom. The summed E-state index contributed by atoms with van der Waals surface area (Å²) in [7, 11) is 1.34. The molecule has 1 aliphatic heterocycles. The lowest BCUT2D eigenvalue weighted by molar-refractivity contribution is -0.925. The van der Waals surface area contributed by atoms with Crippen molar-refractivity contribution in [3.05, 3.63) is 29.5 Å². The molecule has 3 N–H and O–H groups in total. The molecule has 3 rings (SSSR count). The van der Waals surface area contributed by atoms with E-state index in [2.05, 4.69) is 24.1 Å². The Balaban J connectivity index is 1.89. The van der Waals surface area contributed by atoms with Crippen LogP contribution in [0.25, 0.3) is 10.9 Å². The zero-order valence-electron chi connectivity index (χ0n) is 16.9. The van der Waals surface area contributed by atoms with Gasteiger partial charge in [-0.25, -0.2) is 4.79 Å². The second-order valence-corrected chi connectivity index (χ2v) is 8.48. The van der Waals surface area contributed by atoms with Gasteiger partial charge in [0.25, 0.3) is 5.91 Å². The maximum absolute atomic E-state index is 13.0. The molecule has 2 atom stereocenters. The molecular weight excluding hydrogens is 342 g/mol. The molecule has 6 heteroatoms. The first-order chi connectivity index (χ1) is 12.7. The number of carbonyl (C=O) groups excluding carboxylic acids is 2. The van der Waals surface area contributed by atoms with E-state index >= 15 is 0 Å². The van der Waals surface area contributed by atoms with Gasteiger partial charge in [0.15, 0.2) is 6.04 Å². The number of methoxy groups -OCH3 is 1. The van der Waals surface area contributed by atoms with Gasteiger partial charge >= 0.3 is 5.97 Å². The zero-order chi connectivity index (χ0) is 19.8. The summed E-state index contributed by atoms with van der Waals surface area (Å²) in [6, 6.07) is 5.66. The summed E-state index contributed by atoms with van der Waals surface area (Å²) >= 11 is 0. The number of aromatic nitrogens is 1. The fraction of sp³-hybridized carbons (Fsp3) is 0.524. The predicted molar refractivity (Wildman–Crippen MR) is 106 cm³/mol. The molecule has 1 unspecified atom stereocenters. The number of ether oxygens (including phenoxy) is 1. The van der Waals surface area contributed by atoms with Gasteiger partial charge in [-0.15, -0.1) is 0 Å². The monoisotopic (exact) mass is 372 g/mol. The third-order valence-electron chi connectivity index (χ3n) is 5.65. The number of quaternary nitrogens is 1. The van der Waals surface area contributed by atoms with Crippen molar-refractivity contribution >= 4 is 28.5 Å². The minimum atomic E-state index is -0.488. The van der Waals surface area contributed by atoms with Gasteiger partial charge in [-0.2, -0.15) is 0 Å². The summed E-state index contributed by atoms with van der Waals surface area (Å²) in [5.74, 6) is -0.562. The quantitative estimate of drug-likeness (QED) is 0.721. The summed E-state index contributed by atoms with van der Waals surface area (Å²) in [4.78, 5) is 29.6. The minimum absolute atomic E-state index is 0.0738. The molecule has 146 valence electrons. The highest BCUT2D eigenvalue weighted by Gasteiger charge is 2.35. The number of H-pyrrole nitrogens is 1. The highest BCUT2D eigenvalue weighted by atomic mass is 16.5. The number of nitrogens with one attached hydrogen (secondary N) is 3. The molecule has 1 fully saturated rings. The minimum Gasteiger partial charge on any atom is -0.464 e. The fourth-order valence-electron chi connectivity index (χ4n) is 4.06. The normalized spacial score (nSPS) is 20.3. The van der Waals surface area contributed by atoms with Crippen LogP contribution in [0.1, 0.15) is 49.7 Å². The Hall–Kier alpha value is -2.34. The molecule has 1 amide bonds. The van der Waals surface area contributed by atoms with Crippen molar-refractivity contribution in [1.82, 2.24) is 4.98 Å². The van der Waals surface area contributed by atoms with Crippen LogP contribution in [0.2, 0.25) is 0 Å². The molecule has 0 bridgehead atoms. The molecule has 1 aromatic carbocycles. The molecule has 1 aromatic heterocycles. The average molecular weight is 372 g/mol. The average Bonchev–Trinajstić information content (AvgIpc) is 2.97. The number of esters is 1. The molecular formula is C21H30N3O3+. The predicted octanol–water partition coefficient (Wildman–Crippen LogP) is 2.29. The van der Waals surface area contributed by atoms with E-state index in [4.69, 9.17) is 4.74 Å². The number of hydrogen-bond acceptors (Lipinski definition) is 3. The standard InChI is InChI=1S/C21H29N3O3/c1-13-7-8-16-15(11-13)17(18(22-16)20(26)27-5)23-19(25)14(2)24-10-6-9-21(3,4)12-24/h7-8,11,14,22H,6,9-10,12H2,1-5H3,(H,23,25)/p+1/t14-/m1/s1. The SMILES string of the molecule is COC(=O)c1[nH]c2ccc(C)cc2c1NC(=O)[C@@H](C)[NH+]1CCCC(C)(C)C1.